The van der Waals surface area contributed by atoms with Gasteiger partial charge < -0.3 is 10.1 Å². The van der Waals surface area contributed by atoms with Crippen LogP contribution in [0.15, 0.2) is 42.7 Å². The van der Waals surface area contributed by atoms with E-state index < -0.39 is 6.10 Å². The number of nitrogens with zero attached hydrogens (tertiary/aromatic N) is 1. The zero-order valence-electron chi connectivity index (χ0n) is 11.6. The molecule has 2 rings (SSSR count). The molecule has 0 aliphatic heterocycles. The Morgan fingerprint density at radius 1 is 1.26 bits per heavy atom. The number of nitrogens with one attached hydrogen (secondary N) is 1. The normalized spacial score (nSPS) is 14.4. The van der Waals surface area contributed by atoms with Crippen LogP contribution in [0.4, 0.5) is 0 Å². The fourth-order valence-electron chi connectivity index (χ4n) is 1.90. The minimum atomic E-state index is -0.584. The van der Waals surface area contributed by atoms with Crippen LogP contribution in [0.2, 0.25) is 0 Å². The predicted molar refractivity (Wildman–Crippen MR) is 78.4 cm³/mol. The number of hydrogen-bond donors (Lipinski definition) is 2. The number of imidazole rings is 1. The fraction of sp³-hybridized carbons (Fsp3) is 0.312. The fourth-order valence-corrected chi connectivity index (χ4v) is 1.90. The van der Waals surface area contributed by atoms with E-state index in [1.807, 2.05) is 57.2 Å². The summed E-state index contributed by atoms with van der Waals surface area (Å²) in [4.78, 5) is 7.33. The Balaban J connectivity index is 2.44. The van der Waals surface area contributed by atoms with Crippen molar-refractivity contribution in [2.45, 2.75) is 26.9 Å². The van der Waals surface area contributed by atoms with Crippen LogP contribution in [-0.2, 0) is 0 Å². The molecule has 1 heterocycles. The third-order valence-electron chi connectivity index (χ3n) is 3.01. The first-order valence-electron chi connectivity index (χ1n) is 6.43. The van der Waals surface area contributed by atoms with Gasteiger partial charge in [0.2, 0.25) is 0 Å². The number of aliphatic hydroxyl groups excluding tert-OH is 1. The second kappa shape index (κ2) is 5.41. The first kappa shape index (κ1) is 13.6. The van der Waals surface area contributed by atoms with Crippen molar-refractivity contribution in [1.82, 2.24) is 9.97 Å². The molecule has 0 aliphatic rings. The summed E-state index contributed by atoms with van der Waals surface area (Å²) in [5.41, 5.74) is 1.62. The van der Waals surface area contributed by atoms with Gasteiger partial charge in [0.1, 0.15) is 5.82 Å². The molecule has 1 unspecified atom stereocenters. The smallest absolute Gasteiger partial charge is 0.135 e. The summed E-state index contributed by atoms with van der Waals surface area (Å²) >= 11 is 0. The van der Waals surface area contributed by atoms with Gasteiger partial charge in [-0.15, -0.1) is 0 Å². The zero-order valence-corrected chi connectivity index (χ0v) is 11.6. The summed E-state index contributed by atoms with van der Waals surface area (Å²) in [7, 11) is 0. The van der Waals surface area contributed by atoms with E-state index in [-0.39, 0.29) is 5.41 Å². The molecule has 1 atom stereocenters. The highest BCUT2D eigenvalue weighted by Crippen LogP contribution is 2.31. The van der Waals surface area contributed by atoms with E-state index in [1.54, 1.807) is 12.4 Å². The van der Waals surface area contributed by atoms with Gasteiger partial charge >= 0.3 is 0 Å². The van der Waals surface area contributed by atoms with Gasteiger partial charge in [-0.1, -0.05) is 51.1 Å². The molecule has 0 amide bonds. The van der Waals surface area contributed by atoms with Crippen molar-refractivity contribution < 1.29 is 5.11 Å². The maximum Gasteiger partial charge on any atom is 0.135 e. The van der Waals surface area contributed by atoms with E-state index in [4.69, 9.17) is 0 Å². The summed E-state index contributed by atoms with van der Waals surface area (Å²) < 4.78 is 0. The van der Waals surface area contributed by atoms with Gasteiger partial charge in [-0.3, -0.25) is 0 Å². The third kappa shape index (κ3) is 3.32. The van der Waals surface area contributed by atoms with E-state index in [0.717, 1.165) is 11.1 Å². The average molecular weight is 256 g/mol. The largest absolute Gasteiger partial charge is 0.388 e. The van der Waals surface area contributed by atoms with E-state index in [9.17, 15) is 5.11 Å². The summed E-state index contributed by atoms with van der Waals surface area (Å²) in [6.45, 7) is 6.04. The van der Waals surface area contributed by atoms with Gasteiger partial charge in [0.25, 0.3) is 0 Å². The number of rotatable bonds is 3. The number of aromatic amines is 1. The van der Waals surface area contributed by atoms with Crippen LogP contribution in [0.1, 0.15) is 32.2 Å². The second-order valence-corrected chi connectivity index (χ2v) is 5.72. The molecule has 2 aromatic rings. The molecule has 0 bridgehead atoms. The molecule has 1 aromatic carbocycles. The van der Waals surface area contributed by atoms with Gasteiger partial charge in [-0.25, -0.2) is 4.98 Å². The lowest BCUT2D eigenvalue weighted by molar-refractivity contribution is 0.114. The molecule has 2 N–H and O–H groups in total. The molecule has 3 heteroatoms. The van der Waals surface area contributed by atoms with Gasteiger partial charge in [-0.2, -0.15) is 0 Å². The standard InChI is InChI=1S/C16H20N2O/c1-16(2,3)14(19)13(15-17-9-10-18-15)11-12-7-5-4-6-8-12/h4-11,14,19H,1-3H3,(H,17,18). The Hall–Kier alpha value is -1.87. The minimum Gasteiger partial charge on any atom is -0.388 e. The molecule has 0 saturated carbocycles. The Kier molecular flexibility index (Phi) is 3.86. The highest BCUT2D eigenvalue weighted by atomic mass is 16.3. The van der Waals surface area contributed by atoms with E-state index in [0.29, 0.717) is 5.82 Å². The topological polar surface area (TPSA) is 48.9 Å². The van der Waals surface area contributed by atoms with Crippen LogP contribution < -0.4 is 0 Å². The average Bonchev–Trinajstić information content (AvgIpc) is 2.89. The van der Waals surface area contributed by atoms with Crippen LogP contribution in [0.25, 0.3) is 11.6 Å². The molecular formula is C16H20N2O. The van der Waals surface area contributed by atoms with Crippen molar-refractivity contribution in [2.24, 2.45) is 5.41 Å². The minimum absolute atomic E-state index is 0.243. The van der Waals surface area contributed by atoms with Crippen molar-refractivity contribution in [1.29, 1.82) is 0 Å². The van der Waals surface area contributed by atoms with Gasteiger partial charge in [0, 0.05) is 18.0 Å². The highest BCUT2D eigenvalue weighted by Gasteiger charge is 2.27. The first-order chi connectivity index (χ1) is 8.98. The molecule has 0 fully saturated rings. The maximum atomic E-state index is 10.6. The van der Waals surface area contributed by atoms with Crippen LogP contribution in [-0.4, -0.2) is 21.2 Å². The number of aromatic nitrogens is 2. The lowest BCUT2D eigenvalue weighted by Crippen LogP contribution is -2.27. The highest BCUT2D eigenvalue weighted by molar-refractivity contribution is 5.81. The van der Waals surface area contributed by atoms with E-state index in [1.165, 1.54) is 0 Å². The molecule has 0 spiro atoms. The van der Waals surface area contributed by atoms with Gasteiger partial charge in [0.05, 0.1) is 6.10 Å². The SMILES string of the molecule is CC(C)(C)C(O)C(=Cc1ccccc1)c1ncc[nH]1. The van der Waals surface area contributed by atoms with E-state index >= 15 is 0 Å². The summed E-state index contributed by atoms with van der Waals surface area (Å²) in [5, 5.41) is 10.6. The van der Waals surface area contributed by atoms with Crippen LogP contribution in [0.3, 0.4) is 0 Å². The number of hydrogen-bond acceptors (Lipinski definition) is 2. The number of benzene rings is 1. The molecule has 0 aliphatic carbocycles. The summed E-state index contributed by atoms with van der Waals surface area (Å²) in [6, 6.07) is 9.96. The molecule has 100 valence electrons. The molecule has 1 aromatic heterocycles. The Labute approximate surface area is 114 Å². The Bertz CT molecular complexity index is 536. The predicted octanol–water partition coefficient (Wildman–Crippen LogP) is 3.36. The van der Waals surface area contributed by atoms with Crippen molar-refractivity contribution in [3.8, 4) is 0 Å². The third-order valence-corrected chi connectivity index (χ3v) is 3.01. The van der Waals surface area contributed by atoms with Crippen molar-refractivity contribution in [3.05, 3.63) is 54.1 Å². The molecule has 19 heavy (non-hydrogen) atoms. The zero-order chi connectivity index (χ0) is 13.9. The first-order valence-corrected chi connectivity index (χ1v) is 6.43. The van der Waals surface area contributed by atoms with Crippen molar-refractivity contribution in [3.63, 3.8) is 0 Å². The number of aliphatic hydroxyl groups is 1. The maximum absolute atomic E-state index is 10.6. The summed E-state index contributed by atoms with van der Waals surface area (Å²) in [5.74, 6) is 0.714. The second-order valence-electron chi connectivity index (χ2n) is 5.72. The molecular weight excluding hydrogens is 236 g/mol. The van der Waals surface area contributed by atoms with Gasteiger partial charge in [-0.05, 0) is 17.1 Å². The lowest BCUT2D eigenvalue weighted by Gasteiger charge is -2.27. The molecule has 3 nitrogen and oxygen atoms in total. The van der Waals surface area contributed by atoms with Crippen molar-refractivity contribution in [2.75, 3.05) is 0 Å². The van der Waals surface area contributed by atoms with Crippen molar-refractivity contribution >= 4 is 11.6 Å². The lowest BCUT2D eigenvalue weighted by atomic mass is 9.83. The molecule has 0 radical (unpaired) electrons. The Morgan fingerprint density at radius 2 is 1.95 bits per heavy atom. The van der Waals surface area contributed by atoms with Gasteiger partial charge in [0.15, 0.2) is 0 Å². The number of H-pyrrole nitrogens is 1. The quantitative estimate of drug-likeness (QED) is 0.884. The summed E-state index contributed by atoms with van der Waals surface area (Å²) in [6.07, 6.45) is 4.86. The monoisotopic (exact) mass is 256 g/mol. The Morgan fingerprint density at radius 3 is 2.47 bits per heavy atom. The molecule has 0 saturated heterocycles. The van der Waals surface area contributed by atoms with Crippen LogP contribution in [0.5, 0.6) is 0 Å². The van der Waals surface area contributed by atoms with E-state index in [2.05, 4.69) is 9.97 Å². The van der Waals surface area contributed by atoms with Crippen LogP contribution in [0, 0.1) is 5.41 Å². The van der Waals surface area contributed by atoms with Crippen LogP contribution >= 0.6 is 0 Å².